The van der Waals surface area contributed by atoms with Crippen molar-refractivity contribution in [1.29, 1.82) is 0 Å². The molecule has 2 heteroatoms. The van der Waals surface area contributed by atoms with Crippen molar-refractivity contribution >= 4 is 6.21 Å². The normalized spacial score (nSPS) is 10.8. The van der Waals surface area contributed by atoms with Crippen LogP contribution in [0.3, 0.4) is 0 Å². The van der Waals surface area contributed by atoms with Crippen molar-refractivity contribution < 1.29 is 5.11 Å². The zero-order chi connectivity index (χ0) is 8.65. The molecule has 1 N–H and O–H groups in total. The minimum atomic E-state index is 0.130. The number of aliphatic hydroxyl groups is 1. The van der Waals surface area contributed by atoms with E-state index in [0.717, 1.165) is 6.42 Å². The van der Waals surface area contributed by atoms with Crippen molar-refractivity contribution in [3.63, 3.8) is 0 Å². The number of hydrogen-bond donors (Lipinski definition) is 1. The predicted molar refractivity (Wildman–Crippen MR) is 50.6 cm³/mol. The van der Waals surface area contributed by atoms with E-state index >= 15 is 0 Å². The van der Waals surface area contributed by atoms with Gasteiger partial charge in [0.2, 0.25) is 0 Å². The van der Waals surface area contributed by atoms with Gasteiger partial charge < -0.3 is 5.11 Å². The molecule has 0 atom stereocenters. The molecule has 0 fully saturated rings. The van der Waals surface area contributed by atoms with E-state index in [2.05, 4.69) is 17.1 Å². The van der Waals surface area contributed by atoms with E-state index in [9.17, 15) is 0 Å². The molecule has 0 aromatic heterocycles. The van der Waals surface area contributed by atoms with E-state index in [1.54, 1.807) is 0 Å². The summed E-state index contributed by atoms with van der Waals surface area (Å²) in [6.45, 7) is 0.637. The SMILES string of the molecule is OCCN=CCc1ccccc1. The number of aliphatic imine (C=N–C) groups is 1. The second kappa shape index (κ2) is 5.49. The summed E-state index contributed by atoms with van der Waals surface area (Å²) in [5, 5.41) is 8.45. The van der Waals surface area contributed by atoms with Crippen LogP contribution in [0.4, 0.5) is 0 Å². The molecule has 1 aromatic rings. The lowest BCUT2D eigenvalue weighted by Crippen LogP contribution is -1.90. The molecule has 0 radical (unpaired) electrons. The van der Waals surface area contributed by atoms with E-state index in [0.29, 0.717) is 6.54 Å². The van der Waals surface area contributed by atoms with Crippen LogP contribution in [-0.4, -0.2) is 24.5 Å². The van der Waals surface area contributed by atoms with E-state index < -0.39 is 0 Å². The van der Waals surface area contributed by atoms with Crippen molar-refractivity contribution in [2.45, 2.75) is 6.42 Å². The largest absolute Gasteiger partial charge is 0.394 e. The van der Waals surface area contributed by atoms with Gasteiger partial charge in [0, 0.05) is 12.6 Å². The fourth-order valence-electron chi connectivity index (χ4n) is 0.933. The average molecular weight is 163 g/mol. The molecule has 0 aliphatic rings. The summed E-state index contributed by atoms with van der Waals surface area (Å²) in [5.74, 6) is 0. The summed E-state index contributed by atoms with van der Waals surface area (Å²) < 4.78 is 0. The fraction of sp³-hybridized carbons (Fsp3) is 0.300. The average Bonchev–Trinajstić information content (AvgIpc) is 2.14. The first-order valence-electron chi connectivity index (χ1n) is 4.06. The number of hydrogen-bond acceptors (Lipinski definition) is 2. The molecule has 0 aliphatic carbocycles. The maximum absolute atomic E-state index is 8.45. The molecule has 64 valence electrons. The Morgan fingerprint density at radius 1 is 1.25 bits per heavy atom. The lowest BCUT2D eigenvalue weighted by Gasteiger charge is -1.93. The Morgan fingerprint density at radius 2 is 2.00 bits per heavy atom. The highest BCUT2D eigenvalue weighted by atomic mass is 16.3. The standard InChI is InChI=1S/C10H13NO/c12-9-8-11-7-6-10-4-2-1-3-5-10/h1-5,7,12H,6,8-9H2. The van der Waals surface area contributed by atoms with Gasteiger partial charge in [-0.3, -0.25) is 4.99 Å². The topological polar surface area (TPSA) is 32.6 Å². The van der Waals surface area contributed by atoms with Gasteiger partial charge in [-0.2, -0.15) is 0 Å². The molecule has 0 saturated heterocycles. The van der Waals surface area contributed by atoms with E-state index in [1.165, 1.54) is 5.56 Å². The van der Waals surface area contributed by atoms with Crippen molar-refractivity contribution in [2.75, 3.05) is 13.2 Å². The Hall–Kier alpha value is -1.15. The third-order valence-corrected chi connectivity index (χ3v) is 1.53. The van der Waals surface area contributed by atoms with Gasteiger partial charge in [-0.05, 0) is 5.56 Å². The van der Waals surface area contributed by atoms with Gasteiger partial charge in [0.25, 0.3) is 0 Å². The second-order valence-electron chi connectivity index (χ2n) is 2.50. The van der Waals surface area contributed by atoms with E-state index in [4.69, 9.17) is 5.11 Å². The van der Waals surface area contributed by atoms with Crippen LogP contribution in [0.25, 0.3) is 0 Å². The van der Waals surface area contributed by atoms with Gasteiger partial charge in [0.05, 0.1) is 13.2 Å². The Bertz CT molecular complexity index is 231. The van der Waals surface area contributed by atoms with Gasteiger partial charge in [0.1, 0.15) is 0 Å². The molecule has 1 aromatic carbocycles. The third kappa shape index (κ3) is 3.30. The molecule has 0 bridgehead atoms. The summed E-state index contributed by atoms with van der Waals surface area (Å²) in [6, 6.07) is 10.1. The van der Waals surface area contributed by atoms with Crippen LogP contribution in [0, 0.1) is 0 Å². The molecule has 0 heterocycles. The van der Waals surface area contributed by atoms with Crippen molar-refractivity contribution in [2.24, 2.45) is 4.99 Å². The molecule has 1 rings (SSSR count). The molecular formula is C10H13NO. The zero-order valence-electron chi connectivity index (χ0n) is 6.98. The van der Waals surface area contributed by atoms with E-state index in [1.807, 2.05) is 24.4 Å². The zero-order valence-corrected chi connectivity index (χ0v) is 6.98. The van der Waals surface area contributed by atoms with Gasteiger partial charge >= 0.3 is 0 Å². The summed E-state index contributed by atoms with van der Waals surface area (Å²) in [5.41, 5.74) is 1.25. The van der Waals surface area contributed by atoms with Gasteiger partial charge in [-0.25, -0.2) is 0 Å². The molecule has 0 spiro atoms. The third-order valence-electron chi connectivity index (χ3n) is 1.53. The summed E-state index contributed by atoms with van der Waals surface area (Å²) in [4.78, 5) is 4.01. The monoisotopic (exact) mass is 163 g/mol. The minimum absolute atomic E-state index is 0.130. The van der Waals surface area contributed by atoms with Crippen LogP contribution in [0.15, 0.2) is 35.3 Å². The smallest absolute Gasteiger partial charge is 0.0626 e. The number of aliphatic hydroxyl groups excluding tert-OH is 1. The second-order valence-corrected chi connectivity index (χ2v) is 2.50. The van der Waals surface area contributed by atoms with Crippen molar-refractivity contribution in [3.8, 4) is 0 Å². The van der Waals surface area contributed by atoms with Crippen LogP contribution in [0.5, 0.6) is 0 Å². The Labute approximate surface area is 72.6 Å². The van der Waals surface area contributed by atoms with Crippen LogP contribution < -0.4 is 0 Å². The Kier molecular flexibility index (Phi) is 4.09. The molecule has 0 amide bonds. The van der Waals surface area contributed by atoms with E-state index in [-0.39, 0.29) is 6.61 Å². The quantitative estimate of drug-likeness (QED) is 0.666. The van der Waals surface area contributed by atoms with Crippen LogP contribution in [0.1, 0.15) is 5.56 Å². The molecule has 2 nitrogen and oxygen atoms in total. The molecule has 0 unspecified atom stereocenters. The van der Waals surface area contributed by atoms with Gasteiger partial charge in [-0.1, -0.05) is 30.3 Å². The number of nitrogens with zero attached hydrogens (tertiary/aromatic N) is 1. The first-order chi connectivity index (χ1) is 5.93. The fourth-order valence-corrected chi connectivity index (χ4v) is 0.933. The lowest BCUT2D eigenvalue weighted by molar-refractivity contribution is 0.307. The van der Waals surface area contributed by atoms with Crippen LogP contribution in [-0.2, 0) is 6.42 Å². The number of benzene rings is 1. The predicted octanol–water partition coefficient (Wildman–Crippen LogP) is 1.29. The maximum atomic E-state index is 8.45. The first-order valence-corrected chi connectivity index (χ1v) is 4.06. The summed E-state index contributed by atoms with van der Waals surface area (Å²) >= 11 is 0. The van der Waals surface area contributed by atoms with Crippen molar-refractivity contribution in [1.82, 2.24) is 0 Å². The summed E-state index contributed by atoms with van der Waals surface area (Å²) in [7, 11) is 0. The lowest BCUT2D eigenvalue weighted by atomic mass is 10.2. The highest BCUT2D eigenvalue weighted by molar-refractivity contribution is 5.61. The maximum Gasteiger partial charge on any atom is 0.0626 e. The number of rotatable bonds is 4. The molecular weight excluding hydrogens is 150 g/mol. The minimum Gasteiger partial charge on any atom is -0.394 e. The summed E-state index contributed by atoms with van der Waals surface area (Å²) in [6.07, 6.45) is 2.69. The Balaban J connectivity index is 2.33. The van der Waals surface area contributed by atoms with Crippen LogP contribution >= 0.6 is 0 Å². The Morgan fingerprint density at radius 3 is 2.67 bits per heavy atom. The molecule has 0 saturated carbocycles. The molecule has 12 heavy (non-hydrogen) atoms. The van der Waals surface area contributed by atoms with Gasteiger partial charge in [-0.15, -0.1) is 0 Å². The van der Waals surface area contributed by atoms with Gasteiger partial charge in [0.15, 0.2) is 0 Å². The highest BCUT2D eigenvalue weighted by Crippen LogP contribution is 1.97. The molecule has 0 aliphatic heterocycles. The first kappa shape index (κ1) is 8.94. The van der Waals surface area contributed by atoms with Crippen molar-refractivity contribution in [3.05, 3.63) is 35.9 Å². The van der Waals surface area contributed by atoms with Crippen LogP contribution in [0.2, 0.25) is 0 Å². The highest BCUT2D eigenvalue weighted by Gasteiger charge is 1.85.